The van der Waals surface area contributed by atoms with E-state index in [1.807, 2.05) is 11.3 Å². The van der Waals surface area contributed by atoms with Gasteiger partial charge >= 0.3 is 0 Å². The van der Waals surface area contributed by atoms with Gasteiger partial charge in [-0.25, -0.2) is 0 Å². The second-order valence-electron chi connectivity index (χ2n) is 12.2. The van der Waals surface area contributed by atoms with E-state index in [1.165, 1.54) is 128 Å². The molecule has 0 aliphatic heterocycles. The van der Waals surface area contributed by atoms with Gasteiger partial charge in [-0.3, -0.25) is 0 Å². The third-order valence-electron chi connectivity index (χ3n) is 8.55. The average molecular weight is 597 g/mol. The van der Waals surface area contributed by atoms with Gasteiger partial charge in [0.25, 0.3) is 0 Å². The Morgan fingerprint density at radius 1 is 0.500 bits per heavy atom. The molecule has 236 valence electrons. The first-order valence-electron chi connectivity index (χ1n) is 17.5. The number of ether oxygens (including phenoxy) is 3. The predicted octanol–water partition coefficient (Wildman–Crippen LogP) is 12.9. The van der Waals surface area contributed by atoms with Crippen molar-refractivity contribution in [2.24, 2.45) is 0 Å². The molecular weight excluding hydrogens is 536 g/mol. The monoisotopic (exact) mass is 596 g/mol. The molecule has 0 aliphatic rings. The first kappa shape index (κ1) is 34.5. The molecule has 0 fully saturated rings. The zero-order valence-electron chi connectivity index (χ0n) is 27.7. The number of hydrogen-bond donors (Lipinski definition) is 0. The number of aryl methyl sites for hydroxylation is 1. The Morgan fingerprint density at radius 2 is 0.952 bits per heavy atom. The molecule has 0 N–H and O–H groups in total. The van der Waals surface area contributed by atoms with Crippen LogP contribution in [0.3, 0.4) is 0 Å². The quantitative estimate of drug-likeness (QED) is 0.0963. The Morgan fingerprint density at radius 3 is 1.50 bits per heavy atom. The minimum absolute atomic E-state index is 0.731. The van der Waals surface area contributed by atoms with E-state index in [-0.39, 0.29) is 0 Å². The Hall–Kier alpha value is -1.94. The first-order valence-corrected chi connectivity index (χ1v) is 18.3. The highest BCUT2D eigenvalue weighted by molar-refractivity contribution is 7.26. The highest BCUT2D eigenvalue weighted by Gasteiger charge is 2.21. The van der Waals surface area contributed by atoms with Crippen LogP contribution in [-0.2, 0) is 0 Å². The molecule has 3 nitrogen and oxygen atoms in total. The van der Waals surface area contributed by atoms with Crippen LogP contribution in [0.2, 0.25) is 0 Å². The lowest BCUT2D eigenvalue weighted by Crippen LogP contribution is -2.04. The van der Waals surface area contributed by atoms with Crippen LogP contribution in [-0.4, -0.2) is 19.8 Å². The molecule has 3 aromatic rings. The van der Waals surface area contributed by atoms with Crippen molar-refractivity contribution < 1.29 is 14.2 Å². The van der Waals surface area contributed by atoms with Gasteiger partial charge in [-0.15, -0.1) is 11.3 Å². The second-order valence-corrected chi connectivity index (χ2v) is 13.3. The molecule has 0 radical (unpaired) electrons. The molecular formula is C38H60O3S. The van der Waals surface area contributed by atoms with Crippen molar-refractivity contribution in [3.8, 4) is 17.2 Å². The largest absolute Gasteiger partial charge is 0.493 e. The van der Waals surface area contributed by atoms with Crippen molar-refractivity contribution in [1.29, 1.82) is 0 Å². The zero-order valence-corrected chi connectivity index (χ0v) is 28.5. The predicted molar refractivity (Wildman–Crippen MR) is 185 cm³/mol. The fourth-order valence-corrected chi connectivity index (χ4v) is 6.98. The molecule has 0 bridgehead atoms. The lowest BCUT2D eigenvalue weighted by atomic mass is 10.0. The second kappa shape index (κ2) is 20.1. The maximum absolute atomic E-state index is 6.67. The van der Waals surface area contributed by atoms with E-state index in [1.54, 1.807) is 0 Å². The highest BCUT2D eigenvalue weighted by Crippen LogP contribution is 2.49. The van der Waals surface area contributed by atoms with Crippen molar-refractivity contribution in [2.75, 3.05) is 19.8 Å². The molecule has 0 saturated carbocycles. The summed E-state index contributed by atoms with van der Waals surface area (Å²) in [6.07, 6.45) is 22.7. The van der Waals surface area contributed by atoms with Crippen LogP contribution < -0.4 is 14.2 Å². The van der Waals surface area contributed by atoms with Gasteiger partial charge in [0.05, 0.1) is 25.2 Å². The normalized spacial score (nSPS) is 11.5. The number of thiophene rings is 1. The lowest BCUT2D eigenvalue weighted by Gasteiger charge is -2.17. The molecule has 0 atom stereocenters. The van der Waals surface area contributed by atoms with Gasteiger partial charge in [-0.1, -0.05) is 117 Å². The lowest BCUT2D eigenvalue weighted by molar-refractivity contribution is 0.261. The third-order valence-corrected chi connectivity index (χ3v) is 9.65. The van der Waals surface area contributed by atoms with Crippen molar-refractivity contribution in [1.82, 2.24) is 0 Å². The summed E-state index contributed by atoms with van der Waals surface area (Å²) in [6, 6.07) is 6.71. The average Bonchev–Trinajstić information content (AvgIpc) is 3.36. The smallest absolute Gasteiger partial charge is 0.170 e. The maximum atomic E-state index is 6.67. The summed E-state index contributed by atoms with van der Waals surface area (Å²) in [6.45, 7) is 13.5. The summed E-state index contributed by atoms with van der Waals surface area (Å²) in [5.41, 5.74) is 2.54. The Balaban J connectivity index is 1.84. The van der Waals surface area contributed by atoms with Crippen LogP contribution in [0.15, 0.2) is 18.2 Å². The molecule has 1 heterocycles. The molecule has 0 saturated heterocycles. The summed E-state index contributed by atoms with van der Waals surface area (Å²) >= 11 is 1.85. The molecule has 0 aliphatic carbocycles. The molecule has 0 unspecified atom stereocenters. The minimum Gasteiger partial charge on any atom is -0.493 e. The molecule has 0 spiro atoms. The first-order chi connectivity index (χ1) is 20.6. The number of rotatable bonds is 24. The van der Waals surface area contributed by atoms with Gasteiger partial charge < -0.3 is 14.2 Å². The molecule has 4 heteroatoms. The topological polar surface area (TPSA) is 27.7 Å². The van der Waals surface area contributed by atoms with E-state index in [2.05, 4.69) is 52.8 Å². The van der Waals surface area contributed by atoms with Crippen LogP contribution in [0.1, 0.15) is 147 Å². The molecule has 0 amide bonds. The van der Waals surface area contributed by atoms with Crippen LogP contribution in [0.4, 0.5) is 0 Å². The Labute approximate surface area is 261 Å². The summed E-state index contributed by atoms with van der Waals surface area (Å²) in [4.78, 5) is 0. The highest BCUT2D eigenvalue weighted by atomic mass is 32.1. The van der Waals surface area contributed by atoms with Gasteiger partial charge in [-0.2, -0.15) is 0 Å². The minimum atomic E-state index is 0.731. The van der Waals surface area contributed by atoms with Gasteiger partial charge in [0.2, 0.25) is 0 Å². The summed E-state index contributed by atoms with van der Waals surface area (Å²) in [5.74, 6) is 2.86. The summed E-state index contributed by atoms with van der Waals surface area (Å²) in [7, 11) is 0. The molecule has 1 aromatic heterocycles. The number of hydrogen-bond acceptors (Lipinski definition) is 4. The fourth-order valence-electron chi connectivity index (χ4n) is 5.77. The fraction of sp³-hybridized carbons (Fsp3) is 0.684. The van der Waals surface area contributed by atoms with Crippen molar-refractivity contribution in [3.63, 3.8) is 0 Å². The van der Waals surface area contributed by atoms with E-state index in [0.29, 0.717) is 0 Å². The molecule has 2 aromatic carbocycles. The maximum Gasteiger partial charge on any atom is 0.170 e. The van der Waals surface area contributed by atoms with Crippen molar-refractivity contribution in [2.45, 2.75) is 150 Å². The number of benzene rings is 2. The van der Waals surface area contributed by atoms with E-state index in [9.17, 15) is 0 Å². The van der Waals surface area contributed by atoms with Crippen molar-refractivity contribution >= 4 is 31.5 Å². The van der Waals surface area contributed by atoms with Crippen LogP contribution in [0, 0.1) is 13.8 Å². The van der Waals surface area contributed by atoms with Gasteiger partial charge in [-0.05, 0) is 62.4 Å². The summed E-state index contributed by atoms with van der Waals surface area (Å²) in [5, 5.41) is 2.40. The van der Waals surface area contributed by atoms with Crippen LogP contribution >= 0.6 is 11.3 Å². The SMILES string of the molecule is CCCCCCCCOc1ccc2sc3cc(C)c(C)c(OCCCCCCCC)c3c2c1OCCCCCCCC. The van der Waals surface area contributed by atoms with E-state index in [4.69, 9.17) is 14.2 Å². The zero-order chi connectivity index (χ0) is 30.0. The van der Waals surface area contributed by atoms with E-state index >= 15 is 0 Å². The molecule has 3 rings (SSSR count). The number of fused-ring (bicyclic) bond motifs is 3. The van der Waals surface area contributed by atoms with Crippen LogP contribution in [0.25, 0.3) is 20.2 Å². The molecule has 42 heavy (non-hydrogen) atoms. The standard InChI is InChI=1S/C38H60O3S/c1-6-9-12-15-18-21-26-39-32-24-25-33-35(38(32)41-28-23-20-17-14-11-8-3)36-34(42-33)29-30(4)31(5)37(36)40-27-22-19-16-13-10-7-2/h24-25,29H,6-23,26-28H2,1-5H3. The van der Waals surface area contributed by atoms with Crippen molar-refractivity contribution in [3.05, 3.63) is 29.3 Å². The van der Waals surface area contributed by atoms with E-state index in [0.717, 1.165) is 56.3 Å². The van der Waals surface area contributed by atoms with E-state index < -0.39 is 0 Å². The Bertz CT molecular complexity index is 1160. The third kappa shape index (κ3) is 10.6. The summed E-state index contributed by atoms with van der Waals surface area (Å²) < 4.78 is 22.3. The Kier molecular flexibility index (Phi) is 16.5. The van der Waals surface area contributed by atoms with Crippen LogP contribution in [0.5, 0.6) is 17.2 Å². The van der Waals surface area contributed by atoms with Gasteiger partial charge in [0.15, 0.2) is 11.5 Å². The van der Waals surface area contributed by atoms with Gasteiger partial charge in [0, 0.05) is 14.8 Å². The number of unbranched alkanes of at least 4 members (excludes halogenated alkanes) is 15. The van der Waals surface area contributed by atoms with Gasteiger partial charge in [0.1, 0.15) is 5.75 Å².